The molecule has 1 N–H and O–H groups in total. The van der Waals surface area contributed by atoms with Gasteiger partial charge in [-0.2, -0.15) is 22.0 Å². The van der Waals surface area contributed by atoms with E-state index in [1.165, 1.54) is 4.90 Å². The molecule has 0 saturated heterocycles. The average molecular weight is 578 g/mol. The van der Waals surface area contributed by atoms with Crippen molar-refractivity contribution in [2.45, 2.75) is 87.6 Å². The number of nitrogens with zero attached hydrogens (tertiary/aromatic N) is 1. The van der Waals surface area contributed by atoms with Crippen LogP contribution in [0.25, 0.3) is 0 Å². The highest BCUT2D eigenvalue weighted by Crippen LogP contribution is 2.51. The highest BCUT2D eigenvalue weighted by atomic mass is 32.2. The molecule has 38 heavy (non-hydrogen) atoms. The Labute approximate surface area is 216 Å². The molecule has 1 heterocycles. The number of hydrogen-bond donors (Lipinski definition) is 1. The Morgan fingerprint density at radius 3 is 2.18 bits per heavy atom. The third kappa shape index (κ3) is 5.99. The lowest BCUT2D eigenvalue weighted by molar-refractivity contribution is -0.148. The maximum absolute atomic E-state index is 15.6. The molecule has 14 heteroatoms. The van der Waals surface area contributed by atoms with Crippen LogP contribution in [-0.4, -0.2) is 49.9 Å². The lowest BCUT2D eigenvalue weighted by Crippen LogP contribution is -2.43. The summed E-state index contributed by atoms with van der Waals surface area (Å²) in [6, 6.07) is 0.223. The molecule has 1 saturated carbocycles. The molecule has 1 aliphatic carbocycles. The van der Waals surface area contributed by atoms with E-state index in [1.807, 2.05) is 0 Å². The van der Waals surface area contributed by atoms with Crippen molar-refractivity contribution < 1.29 is 53.8 Å². The Balaban J connectivity index is 2.23. The zero-order valence-corrected chi connectivity index (χ0v) is 21.9. The van der Waals surface area contributed by atoms with Crippen LogP contribution < -0.4 is 9.64 Å². The molecular formula is C24H30F7NO5S. The number of sulfone groups is 1. The van der Waals surface area contributed by atoms with Crippen LogP contribution in [0.15, 0.2) is 17.0 Å². The predicted molar refractivity (Wildman–Crippen MR) is 123 cm³/mol. The zero-order chi connectivity index (χ0) is 28.9. The fourth-order valence-electron chi connectivity index (χ4n) is 4.71. The molecule has 0 bridgehead atoms. The van der Waals surface area contributed by atoms with Crippen LogP contribution in [0.2, 0.25) is 0 Å². The number of carboxylic acids is 1. The molecule has 1 fully saturated rings. The van der Waals surface area contributed by atoms with Gasteiger partial charge in [-0.25, -0.2) is 17.2 Å². The summed E-state index contributed by atoms with van der Waals surface area (Å²) in [4.78, 5) is 11.5. The van der Waals surface area contributed by atoms with Crippen molar-refractivity contribution in [2.75, 3.05) is 18.1 Å². The molecule has 1 aromatic carbocycles. The van der Waals surface area contributed by atoms with Crippen molar-refractivity contribution in [3.05, 3.63) is 17.7 Å². The van der Waals surface area contributed by atoms with Gasteiger partial charge in [-0.15, -0.1) is 0 Å². The summed E-state index contributed by atoms with van der Waals surface area (Å²) in [5.41, 5.74) is -3.75. The number of aliphatic carboxylic acids is 1. The largest absolute Gasteiger partial charge is 0.492 e. The lowest BCUT2D eigenvalue weighted by Gasteiger charge is -2.34. The van der Waals surface area contributed by atoms with Crippen LogP contribution in [0.1, 0.15) is 64.9 Å². The first-order valence-corrected chi connectivity index (χ1v) is 13.5. The number of hydrogen-bond acceptors (Lipinski definition) is 5. The fraction of sp³-hybridized carbons (Fsp3) is 0.708. The number of anilines is 1. The third-order valence-electron chi connectivity index (χ3n) is 7.08. The fourth-order valence-corrected chi connectivity index (χ4v) is 6.35. The van der Waals surface area contributed by atoms with Crippen LogP contribution in [0, 0.1) is 11.3 Å². The first-order valence-electron chi connectivity index (χ1n) is 12.1. The van der Waals surface area contributed by atoms with Gasteiger partial charge in [0.05, 0.1) is 22.6 Å². The van der Waals surface area contributed by atoms with E-state index >= 15 is 8.78 Å². The molecule has 1 atom stereocenters. The van der Waals surface area contributed by atoms with Crippen LogP contribution in [0.5, 0.6) is 5.75 Å². The second-order valence-corrected chi connectivity index (χ2v) is 12.7. The second kappa shape index (κ2) is 10.1. The van der Waals surface area contributed by atoms with Gasteiger partial charge in [-0.3, -0.25) is 4.79 Å². The van der Waals surface area contributed by atoms with Crippen molar-refractivity contribution in [1.82, 2.24) is 0 Å². The number of benzene rings is 1. The maximum Gasteiger partial charge on any atom is 0.420 e. The normalized spacial score (nSPS) is 22.2. The molecule has 0 unspecified atom stereocenters. The van der Waals surface area contributed by atoms with Crippen molar-refractivity contribution in [3.8, 4) is 5.75 Å². The zero-order valence-electron chi connectivity index (χ0n) is 21.0. The minimum atomic E-state index is -5.67. The predicted octanol–water partition coefficient (Wildman–Crippen LogP) is 6.38. The molecule has 0 spiro atoms. The molecular weight excluding hydrogens is 547 g/mol. The number of carboxylic acid groups (broad SMARTS) is 1. The number of carbonyl (C=O) groups is 1. The Morgan fingerprint density at radius 2 is 1.68 bits per heavy atom. The topological polar surface area (TPSA) is 83.9 Å². The summed E-state index contributed by atoms with van der Waals surface area (Å²) in [7, 11) is -5.67. The van der Waals surface area contributed by atoms with Gasteiger partial charge >= 0.3 is 17.4 Å². The molecule has 1 aromatic rings. The van der Waals surface area contributed by atoms with E-state index in [2.05, 4.69) is 0 Å². The van der Waals surface area contributed by atoms with Crippen LogP contribution in [0.3, 0.4) is 0 Å². The summed E-state index contributed by atoms with van der Waals surface area (Å²) in [6.07, 6.45) is -4.97. The minimum Gasteiger partial charge on any atom is -0.492 e. The number of fused-ring (bicyclic) bond motifs is 1. The Morgan fingerprint density at radius 1 is 1.11 bits per heavy atom. The monoisotopic (exact) mass is 577 g/mol. The van der Waals surface area contributed by atoms with Gasteiger partial charge in [0.1, 0.15) is 17.3 Å². The maximum atomic E-state index is 15.6. The number of halogens is 7. The number of ether oxygens (including phenoxy) is 1. The quantitative estimate of drug-likeness (QED) is 0.362. The highest BCUT2D eigenvalue weighted by molar-refractivity contribution is 7.92. The number of alkyl halides is 7. The third-order valence-corrected chi connectivity index (χ3v) is 9.04. The van der Waals surface area contributed by atoms with E-state index in [0.717, 1.165) is 13.8 Å². The first kappa shape index (κ1) is 30.3. The van der Waals surface area contributed by atoms with Gasteiger partial charge in [0.2, 0.25) is 15.8 Å². The first-order chi connectivity index (χ1) is 17.2. The molecule has 0 aromatic heterocycles. The molecule has 3 rings (SSSR count). The summed E-state index contributed by atoms with van der Waals surface area (Å²) in [5.74, 6) is -8.01. The average Bonchev–Trinajstić information content (AvgIpc) is 3.28. The van der Waals surface area contributed by atoms with Gasteiger partial charge in [-0.05, 0) is 46.1 Å². The van der Waals surface area contributed by atoms with Gasteiger partial charge in [-0.1, -0.05) is 12.8 Å². The van der Waals surface area contributed by atoms with E-state index in [-0.39, 0.29) is 0 Å². The lowest BCUT2D eigenvalue weighted by atomic mass is 9.95. The van der Waals surface area contributed by atoms with Crippen molar-refractivity contribution in [3.63, 3.8) is 0 Å². The second-order valence-electron chi connectivity index (χ2n) is 10.8. The van der Waals surface area contributed by atoms with Gasteiger partial charge in [0, 0.05) is 25.1 Å². The van der Waals surface area contributed by atoms with Crippen molar-refractivity contribution in [2.24, 2.45) is 11.3 Å². The summed E-state index contributed by atoms with van der Waals surface area (Å²) in [5, 5.41) is 4.69. The summed E-state index contributed by atoms with van der Waals surface area (Å²) in [6.45, 7) is 1.28. The van der Waals surface area contributed by atoms with Crippen LogP contribution in [0.4, 0.5) is 36.4 Å². The van der Waals surface area contributed by atoms with Gasteiger partial charge < -0.3 is 14.7 Å². The van der Waals surface area contributed by atoms with E-state index in [1.54, 1.807) is 0 Å². The molecule has 0 amide bonds. The standard InChI is InChI=1S/C24H30F7NO5S/c1-21(2,20(33)34)13-37-18-11-19-17(10-16(18)23(27,28)29)32(15-6-4-5-7-15)12-14(8-9-22(3,25)26)24(30,31)38(19,35)36/h10-11,14-15H,4-9,12-13H2,1-3H3,(H,33,34)/t14-/m1/s1. The molecule has 216 valence electrons. The Bertz CT molecular complexity index is 1160. The minimum absolute atomic E-state index is 0.359. The Hall–Kier alpha value is -2.25. The van der Waals surface area contributed by atoms with Gasteiger partial charge in [0.25, 0.3) is 0 Å². The summed E-state index contributed by atoms with van der Waals surface area (Å²) >= 11 is 0. The van der Waals surface area contributed by atoms with Gasteiger partial charge in [0.15, 0.2) is 0 Å². The number of rotatable bonds is 8. The molecule has 0 radical (unpaired) electrons. The summed E-state index contributed by atoms with van der Waals surface area (Å²) < 4.78 is 132. The van der Waals surface area contributed by atoms with Crippen molar-refractivity contribution >= 4 is 21.5 Å². The Kier molecular flexibility index (Phi) is 8.01. The SMILES string of the molecule is CC(F)(F)CC[C@@H]1CN(C2CCCC2)c2cc(C(F)(F)F)c(OCC(C)(C)C(=O)O)cc2S(=O)(=O)C1(F)F. The van der Waals surface area contributed by atoms with E-state index in [9.17, 15) is 40.3 Å². The van der Waals surface area contributed by atoms with Crippen LogP contribution >= 0.6 is 0 Å². The van der Waals surface area contributed by atoms with E-state index in [4.69, 9.17) is 4.74 Å². The van der Waals surface area contributed by atoms with Crippen LogP contribution in [-0.2, 0) is 20.8 Å². The van der Waals surface area contributed by atoms with Crippen molar-refractivity contribution in [1.29, 1.82) is 0 Å². The molecule has 2 aliphatic rings. The molecule has 1 aliphatic heterocycles. The van der Waals surface area contributed by atoms with E-state index in [0.29, 0.717) is 44.7 Å². The highest BCUT2D eigenvalue weighted by Gasteiger charge is 2.57. The molecule has 6 nitrogen and oxygen atoms in total. The smallest absolute Gasteiger partial charge is 0.420 e. The van der Waals surface area contributed by atoms with E-state index < -0.39 is 98.4 Å².